The molecule has 1 atom stereocenters. The molecule has 1 aromatic rings. The van der Waals surface area contributed by atoms with Gasteiger partial charge in [-0.05, 0) is 38.3 Å². The van der Waals surface area contributed by atoms with Crippen LogP contribution in [0.4, 0.5) is 10.6 Å². The summed E-state index contributed by atoms with van der Waals surface area (Å²) < 4.78 is 0. The van der Waals surface area contributed by atoms with E-state index in [1.54, 1.807) is 6.07 Å². The first kappa shape index (κ1) is 16.0. The highest BCUT2D eigenvalue weighted by atomic mass is 16.2. The van der Waals surface area contributed by atoms with Gasteiger partial charge in [-0.15, -0.1) is 0 Å². The number of allylic oxidation sites excluding steroid dienone is 1. The quantitative estimate of drug-likeness (QED) is 0.729. The van der Waals surface area contributed by atoms with Gasteiger partial charge in [0.05, 0.1) is 0 Å². The van der Waals surface area contributed by atoms with Crippen molar-refractivity contribution in [2.45, 2.75) is 38.6 Å². The van der Waals surface area contributed by atoms with E-state index in [-0.39, 0.29) is 24.4 Å². The predicted octanol–water partition coefficient (Wildman–Crippen LogP) is 2.13. The van der Waals surface area contributed by atoms with E-state index in [2.05, 4.69) is 27.0 Å². The van der Waals surface area contributed by atoms with E-state index >= 15 is 0 Å². The van der Waals surface area contributed by atoms with Crippen molar-refractivity contribution in [3.63, 3.8) is 0 Å². The molecular weight excluding hydrogens is 280 g/mol. The molecule has 0 radical (unpaired) electrons. The van der Waals surface area contributed by atoms with Crippen LogP contribution in [0.2, 0.25) is 0 Å². The van der Waals surface area contributed by atoms with E-state index in [4.69, 9.17) is 0 Å². The van der Waals surface area contributed by atoms with Gasteiger partial charge in [-0.3, -0.25) is 4.79 Å². The van der Waals surface area contributed by atoms with Crippen LogP contribution in [-0.4, -0.2) is 29.5 Å². The third kappa shape index (κ3) is 5.55. The third-order valence-electron chi connectivity index (χ3n) is 3.36. The van der Waals surface area contributed by atoms with Gasteiger partial charge in [-0.1, -0.05) is 18.2 Å². The standard InChI is InChI=1S/C16H22N4O2/c1-12-6-5-9-14(18-12)20-15(21)10-11-17-16(22)19-13-7-3-2-4-8-13/h3,5-7,9,13H,2,4,8,10-11H2,1H3,(H2,17,19,22)(H,18,20,21). The normalized spacial score (nSPS) is 16.9. The smallest absolute Gasteiger partial charge is 0.315 e. The molecule has 118 valence electrons. The minimum absolute atomic E-state index is 0.0964. The fourth-order valence-corrected chi connectivity index (χ4v) is 2.26. The van der Waals surface area contributed by atoms with E-state index in [0.717, 1.165) is 25.0 Å². The second kappa shape index (κ2) is 8.17. The van der Waals surface area contributed by atoms with Crippen LogP contribution in [0.3, 0.4) is 0 Å². The number of amides is 3. The van der Waals surface area contributed by atoms with Gasteiger partial charge in [0.25, 0.3) is 0 Å². The predicted molar refractivity (Wildman–Crippen MR) is 85.5 cm³/mol. The molecule has 0 aliphatic heterocycles. The number of rotatable bonds is 5. The van der Waals surface area contributed by atoms with Gasteiger partial charge in [0.2, 0.25) is 5.91 Å². The zero-order chi connectivity index (χ0) is 15.8. The Bertz CT molecular complexity index is 557. The molecule has 0 saturated heterocycles. The average Bonchev–Trinajstić information content (AvgIpc) is 2.48. The first-order valence-corrected chi connectivity index (χ1v) is 7.58. The van der Waals surface area contributed by atoms with Crippen LogP contribution < -0.4 is 16.0 Å². The fraction of sp³-hybridized carbons (Fsp3) is 0.438. The third-order valence-corrected chi connectivity index (χ3v) is 3.36. The molecule has 22 heavy (non-hydrogen) atoms. The summed E-state index contributed by atoms with van der Waals surface area (Å²) in [5.41, 5.74) is 0.843. The lowest BCUT2D eigenvalue weighted by atomic mass is 10.0. The Morgan fingerprint density at radius 1 is 1.36 bits per heavy atom. The summed E-state index contributed by atoms with van der Waals surface area (Å²) in [4.78, 5) is 27.7. The second-order valence-corrected chi connectivity index (χ2v) is 5.33. The minimum Gasteiger partial charge on any atom is -0.338 e. The van der Waals surface area contributed by atoms with E-state index in [9.17, 15) is 9.59 Å². The topological polar surface area (TPSA) is 83.1 Å². The molecule has 1 aromatic heterocycles. The maximum Gasteiger partial charge on any atom is 0.315 e. The first-order chi connectivity index (χ1) is 10.6. The van der Waals surface area contributed by atoms with Crippen molar-refractivity contribution in [3.8, 4) is 0 Å². The molecule has 3 amide bonds. The fourth-order valence-electron chi connectivity index (χ4n) is 2.26. The van der Waals surface area contributed by atoms with Crippen LogP contribution in [-0.2, 0) is 4.79 Å². The van der Waals surface area contributed by atoms with Gasteiger partial charge in [-0.2, -0.15) is 0 Å². The number of anilines is 1. The van der Waals surface area contributed by atoms with Crippen molar-refractivity contribution in [2.24, 2.45) is 0 Å². The van der Waals surface area contributed by atoms with Gasteiger partial charge in [-0.25, -0.2) is 9.78 Å². The molecule has 0 fully saturated rings. The Morgan fingerprint density at radius 3 is 2.95 bits per heavy atom. The van der Waals surface area contributed by atoms with Crippen molar-refractivity contribution in [1.29, 1.82) is 0 Å². The average molecular weight is 302 g/mol. The summed E-state index contributed by atoms with van der Waals surface area (Å²) in [6, 6.07) is 5.29. The zero-order valence-electron chi connectivity index (χ0n) is 12.8. The highest BCUT2D eigenvalue weighted by Crippen LogP contribution is 2.09. The number of carbonyl (C=O) groups excluding carboxylic acids is 2. The Labute approximate surface area is 130 Å². The van der Waals surface area contributed by atoms with Gasteiger partial charge in [0.15, 0.2) is 0 Å². The molecule has 3 N–H and O–H groups in total. The van der Waals surface area contributed by atoms with Gasteiger partial charge >= 0.3 is 6.03 Å². The monoisotopic (exact) mass is 302 g/mol. The summed E-state index contributed by atoms with van der Waals surface area (Å²) in [6.45, 7) is 2.15. The van der Waals surface area contributed by atoms with Crippen LogP contribution in [0.5, 0.6) is 0 Å². The Hall–Kier alpha value is -2.37. The second-order valence-electron chi connectivity index (χ2n) is 5.33. The summed E-state index contributed by atoms with van der Waals surface area (Å²) in [7, 11) is 0. The molecule has 1 heterocycles. The molecule has 0 saturated carbocycles. The highest BCUT2D eigenvalue weighted by Gasteiger charge is 2.11. The Balaban J connectivity index is 1.65. The minimum atomic E-state index is -0.238. The van der Waals surface area contributed by atoms with Crippen molar-refractivity contribution in [2.75, 3.05) is 11.9 Å². The number of carbonyl (C=O) groups is 2. The van der Waals surface area contributed by atoms with Gasteiger partial charge in [0, 0.05) is 24.7 Å². The van der Waals surface area contributed by atoms with E-state index < -0.39 is 0 Å². The van der Waals surface area contributed by atoms with Crippen molar-refractivity contribution in [3.05, 3.63) is 36.0 Å². The zero-order valence-corrected chi connectivity index (χ0v) is 12.8. The van der Waals surface area contributed by atoms with Crippen LogP contribution in [0.25, 0.3) is 0 Å². The lowest BCUT2D eigenvalue weighted by Crippen LogP contribution is -2.42. The molecule has 1 aliphatic carbocycles. The van der Waals surface area contributed by atoms with Crippen LogP contribution in [0.15, 0.2) is 30.4 Å². The SMILES string of the molecule is Cc1cccc(NC(=O)CCNC(=O)NC2C=CCCC2)n1. The first-order valence-electron chi connectivity index (χ1n) is 7.58. The van der Waals surface area contributed by atoms with Crippen molar-refractivity contribution < 1.29 is 9.59 Å². The summed E-state index contributed by atoms with van der Waals surface area (Å²) >= 11 is 0. The van der Waals surface area contributed by atoms with Gasteiger partial charge < -0.3 is 16.0 Å². The number of nitrogens with zero attached hydrogens (tertiary/aromatic N) is 1. The lowest BCUT2D eigenvalue weighted by molar-refractivity contribution is -0.116. The molecular formula is C16H22N4O2. The lowest BCUT2D eigenvalue weighted by Gasteiger charge is -2.18. The van der Waals surface area contributed by atoms with Gasteiger partial charge in [0.1, 0.15) is 5.82 Å². The number of urea groups is 1. The molecule has 0 spiro atoms. The molecule has 6 heteroatoms. The summed E-state index contributed by atoms with van der Waals surface area (Å²) in [5, 5.41) is 8.27. The number of hydrogen-bond acceptors (Lipinski definition) is 3. The number of hydrogen-bond donors (Lipinski definition) is 3. The molecule has 0 bridgehead atoms. The number of pyridine rings is 1. The number of aromatic nitrogens is 1. The molecule has 1 unspecified atom stereocenters. The van der Waals surface area contributed by atoms with Crippen molar-refractivity contribution in [1.82, 2.24) is 15.6 Å². The van der Waals surface area contributed by atoms with Crippen molar-refractivity contribution >= 4 is 17.8 Å². The highest BCUT2D eigenvalue weighted by molar-refractivity contribution is 5.90. The Morgan fingerprint density at radius 2 is 2.23 bits per heavy atom. The summed E-state index contributed by atoms with van der Waals surface area (Å²) in [6.07, 6.45) is 7.43. The number of aryl methyl sites for hydroxylation is 1. The van der Waals surface area contributed by atoms with Crippen LogP contribution in [0.1, 0.15) is 31.4 Å². The van der Waals surface area contributed by atoms with E-state index in [1.807, 2.05) is 25.1 Å². The summed E-state index contributed by atoms with van der Waals surface area (Å²) in [5.74, 6) is 0.359. The largest absolute Gasteiger partial charge is 0.338 e. The molecule has 1 aliphatic rings. The maximum atomic E-state index is 11.8. The van der Waals surface area contributed by atoms with Crippen LogP contribution >= 0.6 is 0 Å². The molecule has 0 aromatic carbocycles. The number of nitrogens with one attached hydrogen (secondary N) is 3. The molecule has 2 rings (SSSR count). The maximum absolute atomic E-state index is 11.8. The van der Waals surface area contributed by atoms with E-state index in [0.29, 0.717) is 12.4 Å². The van der Waals surface area contributed by atoms with E-state index in [1.165, 1.54) is 0 Å². The molecule has 6 nitrogen and oxygen atoms in total. The Kier molecular flexibility index (Phi) is 5.94. The van der Waals surface area contributed by atoms with Crippen LogP contribution in [0, 0.1) is 6.92 Å².